The SMILES string of the molecule is COc1cc(CN2c3ccccc3C(C)(C)C23C=Cc2cc([N+](=O)[O-])ccc2O3)c(O)cc1CN1c2ccccc2C(C)(C)C12C=Cc1cc([N+](=O)[O-])ccc1O2. The first-order chi connectivity index (χ1) is 27.2. The molecular formula is C45H40N4O8. The summed E-state index contributed by atoms with van der Waals surface area (Å²) in [4.78, 5) is 26.6. The molecule has 9 rings (SSSR count). The van der Waals surface area contributed by atoms with E-state index >= 15 is 0 Å². The highest BCUT2D eigenvalue weighted by molar-refractivity contribution is 5.75. The quantitative estimate of drug-likeness (QED) is 0.126. The molecule has 0 aromatic heterocycles. The molecular weight excluding hydrogens is 725 g/mol. The van der Waals surface area contributed by atoms with Crippen molar-refractivity contribution in [1.82, 2.24) is 0 Å². The minimum Gasteiger partial charge on any atom is -0.508 e. The van der Waals surface area contributed by atoms with Gasteiger partial charge in [-0.1, -0.05) is 36.4 Å². The summed E-state index contributed by atoms with van der Waals surface area (Å²) in [5.41, 5.74) is 3.30. The summed E-state index contributed by atoms with van der Waals surface area (Å²) in [6.07, 6.45) is 7.70. The van der Waals surface area contributed by atoms with Crippen LogP contribution in [0, 0.1) is 20.2 Å². The Labute approximate surface area is 329 Å². The smallest absolute Gasteiger partial charge is 0.270 e. The van der Waals surface area contributed by atoms with Gasteiger partial charge in [-0.2, -0.15) is 0 Å². The van der Waals surface area contributed by atoms with E-state index in [4.69, 9.17) is 14.2 Å². The molecule has 5 aromatic rings. The van der Waals surface area contributed by atoms with Gasteiger partial charge < -0.3 is 29.1 Å². The Morgan fingerprint density at radius 1 is 0.649 bits per heavy atom. The highest BCUT2D eigenvalue weighted by Crippen LogP contribution is 2.58. The highest BCUT2D eigenvalue weighted by Gasteiger charge is 2.60. The van der Waals surface area contributed by atoms with Crippen LogP contribution in [0.3, 0.4) is 0 Å². The van der Waals surface area contributed by atoms with Crippen LogP contribution < -0.4 is 24.0 Å². The number of methoxy groups -OCH3 is 1. The fourth-order valence-electron chi connectivity index (χ4n) is 9.25. The minimum absolute atomic E-state index is 0.0156. The number of rotatable bonds is 7. The van der Waals surface area contributed by atoms with Crippen molar-refractivity contribution < 1.29 is 29.2 Å². The number of non-ortho nitro benzene ring substituents is 2. The number of benzene rings is 5. The standard InChI is InChI=1S/C45H40N4O8/c1-42(2)34-10-6-8-12-36(34)46(44(42)20-18-28-22-32(48(51)52)14-16-39(28)56-44)26-30-25-41(55-5)31(24-38(30)50)27-47-37-13-9-7-11-35(37)43(3,4)45(47)21-19-29-23-33(49(53)54)15-17-40(29)57-45/h6-25,50H,26-27H2,1-5H3. The predicted octanol–water partition coefficient (Wildman–Crippen LogP) is 9.42. The van der Waals surface area contributed by atoms with Gasteiger partial charge in [0.15, 0.2) is 0 Å². The number of anilines is 2. The van der Waals surface area contributed by atoms with Crippen molar-refractivity contribution in [3.05, 3.63) is 163 Å². The Bertz CT molecular complexity index is 2600. The molecule has 0 fully saturated rings. The second kappa shape index (κ2) is 12.3. The van der Waals surface area contributed by atoms with Crippen molar-refractivity contribution in [2.75, 3.05) is 16.9 Å². The van der Waals surface area contributed by atoms with Gasteiger partial charge in [-0.25, -0.2) is 0 Å². The summed E-state index contributed by atoms with van der Waals surface area (Å²) >= 11 is 0. The molecule has 5 aromatic carbocycles. The third-order valence-corrected chi connectivity index (χ3v) is 12.4. The average Bonchev–Trinajstić information content (AvgIpc) is 3.48. The highest BCUT2D eigenvalue weighted by atomic mass is 16.6. The third-order valence-electron chi connectivity index (χ3n) is 12.4. The van der Waals surface area contributed by atoms with E-state index in [1.807, 2.05) is 60.7 Å². The first kappa shape index (κ1) is 35.9. The Kier molecular flexibility index (Phi) is 7.76. The lowest BCUT2D eigenvalue weighted by molar-refractivity contribution is -0.385. The Morgan fingerprint density at radius 3 is 1.56 bits per heavy atom. The van der Waals surface area contributed by atoms with E-state index in [0.717, 1.165) is 28.1 Å². The fraction of sp³-hybridized carbons (Fsp3) is 0.244. The van der Waals surface area contributed by atoms with Gasteiger partial charge in [0.2, 0.25) is 11.4 Å². The van der Waals surface area contributed by atoms with Crippen molar-refractivity contribution in [2.45, 2.75) is 63.1 Å². The van der Waals surface area contributed by atoms with Crippen LogP contribution in [0.25, 0.3) is 12.2 Å². The van der Waals surface area contributed by atoms with Crippen molar-refractivity contribution in [2.24, 2.45) is 0 Å². The second-order valence-corrected chi connectivity index (χ2v) is 16.0. The van der Waals surface area contributed by atoms with Gasteiger partial charge in [0, 0.05) is 57.9 Å². The molecule has 1 N–H and O–H groups in total. The maximum absolute atomic E-state index is 11.9. The van der Waals surface area contributed by atoms with E-state index in [2.05, 4.69) is 55.7 Å². The molecule has 0 radical (unpaired) electrons. The third kappa shape index (κ3) is 5.05. The van der Waals surface area contributed by atoms with Gasteiger partial charge in [-0.3, -0.25) is 20.2 Å². The first-order valence-electron chi connectivity index (χ1n) is 18.7. The lowest BCUT2D eigenvalue weighted by Crippen LogP contribution is -2.59. The number of ether oxygens (including phenoxy) is 3. The van der Waals surface area contributed by atoms with Crippen molar-refractivity contribution in [3.8, 4) is 23.0 Å². The monoisotopic (exact) mass is 764 g/mol. The second-order valence-electron chi connectivity index (χ2n) is 16.0. The first-order valence-corrected chi connectivity index (χ1v) is 18.7. The molecule has 0 amide bonds. The Balaban J connectivity index is 1.10. The van der Waals surface area contributed by atoms with Gasteiger partial charge in [0.25, 0.3) is 11.4 Å². The van der Waals surface area contributed by atoms with Crippen LogP contribution in [0.4, 0.5) is 22.7 Å². The fourth-order valence-corrected chi connectivity index (χ4v) is 9.25. The molecule has 0 saturated heterocycles. The van der Waals surface area contributed by atoms with E-state index in [0.29, 0.717) is 40.5 Å². The Morgan fingerprint density at radius 2 is 1.11 bits per heavy atom. The van der Waals surface area contributed by atoms with Gasteiger partial charge >= 0.3 is 0 Å². The van der Waals surface area contributed by atoms with Gasteiger partial charge in [0.1, 0.15) is 23.0 Å². The molecule has 288 valence electrons. The Hall–Kier alpha value is -6.82. The summed E-state index contributed by atoms with van der Waals surface area (Å²) in [6, 6.07) is 29.0. The molecule has 57 heavy (non-hydrogen) atoms. The number of hydrogen-bond acceptors (Lipinski definition) is 10. The molecule has 4 aliphatic rings. The van der Waals surface area contributed by atoms with Crippen molar-refractivity contribution in [3.63, 3.8) is 0 Å². The number of phenolic OH excluding ortho intramolecular Hbond substituents is 1. The van der Waals surface area contributed by atoms with Crippen LogP contribution >= 0.6 is 0 Å². The number of hydrogen-bond donors (Lipinski definition) is 1. The number of nitrogens with zero attached hydrogens (tertiary/aromatic N) is 4. The average molecular weight is 765 g/mol. The topological polar surface area (TPSA) is 141 Å². The summed E-state index contributed by atoms with van der Waals surface area (Å²) in [6.45, 7) is 9.01. The van der Waals surface area contributed by atoms with Crippen LogP contribution in [0.1, 0.15) is 61.1 Å². The summed E-state index contributed by atoms with van der Waals surface area (Å²) in [5.74, 6) is 1.68. The molecule has 0 bridgehead atoms. The number of phenols is 1. The minimum atomic E-state index is -1.04. The zero-order chi connectivity index (χ0) is 40.1. The molecule has 12 nitrogen and oxygen atoms in total. The van der Waals surface area contributed by atoms with Crippen LogP contribution in [0.15, 0.2) is 109 Å². The predicted molar refractivity (Wildman–Crippen MR) is 217 cm³/mol. The van der Waals surface area contributed by atoms with Gasteiger partial charge in [-0.15, -0.1) is 0 Å². The normalized spacial score (nSPS) is 21.4. The van der Waals surface area contributed by atoms with Crippen LogP contribution in [0.2, 0.25) is 0 Å². The molecule has 2 atom stereocenters. The lowest BCUT2D eigenvalue weighted by atomic mass is 9.76. The molecule has 4 heterocycles. The zero-order valence-corrected chi connectivity index (χ0v) is 32.1. The summed E-state index contributed by atoms with van der Waals surface area (Å²) in [7, 11) is 1.61. The van der Waals surface area contributed by atoms with E-state index < -0.39 is 32.1 Å². The largest absolute Gasteiger partial charge is 0.508 e. The maximum atomic E-state index is 11.9. The number of fused-ring (bicyclic) bond motifs is 4. The molecule has 2 unspecified atom stereocenters. The number of nitro groups is 2. The van der Waals surface area contributed by atoms with E-state index in [1.165, 1.54) is 24.3 Å². The maximum Gasteiger partial charge on any atom is 0.270 e. The number of para-hydroxylation sites is 2. The van der Waals surface area contributed by atoms with Gasteiger partial charge in [0.05, 0.1) is 40.9 Å². The van der Waals surface area contributed by atoms with Gasteiger partial charge in [-0.05, 0) is 99.5 Å². The summed E-state index contributed by atoms with van der Waals surface area (Å²) < 4.78 is 19.9. The molecule has 2 spiro atoms. The van der Waals surface area contributed by atoms with E-state index in [1.54, 1.807) is 25.3 Å². The summed E-state index contributed by atoms with van der Waals surface area (Å²) in [5, 5.41) is 35.0. The van der Waals surface area contributed by atoms with E-state index in [9.17, 15) is 25.3 Å². The number of nitro benzene ring substituents is 2. The van der Waals surface area contributed by atoms with Crippen LogP contribution in [-0.4, -0.2) is 33.5 Å². The van der Waals surface area contributed by atoms with Crippen molar-refractivity contribution in [1.29, 1.82) is 0 Å². The molecule has 4 aliphatic heterocycles. The molecule has 0 aliphatic carbocycles. The van der Waals surface area contributed by atoms with Crippen molar-refractivity contribution >= 4 is 34.9 Å². The lowest BCUT2D eigenvalue weighted by Gasteiger charge is -2.47. The number of aromatic hydroxyl groups is 1. The zero-order valence-electron chi connectivity index (χ0n) is 32.1. The molecule has 12 heteroatoms. The molecule has 0 saturated carbocycles. The van der Waals surface area contributed by atoms with Crippen LogP contribution in [0.5, 0.6) is 23.0 Å². The van der Waals surface area contributed by atoms with Crippen LogP contribution in [-0.2, 0) is 23.9 Å². The van der Waals surface area contributed by atoms with E-state index in [-0.39, 0.29) is 23.7 Å².